The molecule has 2 aliphatic rings. The lowest BCUT2D eigenvalue weighted by Crippen LogP contribution is -2.23. The third kappa shape index (κ3) is 4.20. The molecule has 1 aromatic carbocycles. The van der Waals surface area contributed by atoms with Gasteiger partial charge in [0.15, 0.2) is 5.78 Å². The van der Waals surface area contributed by atoms with Gasteiger partial charge in [-0.1, -0.05) is 24.8 Å². The number of allylic oxidation sites excluding steroid dienone is 4. The van der Waals surface area contributed by atoms with E-state index in [0.717, 1.165) is 36.8 Å². The summed E-state index contributed by atoms with van der Waals surface area (Å²) in [6.45, 7) is 5.96. The summed E-state index contributed by atoms with van der Waals surface area (Å²) in [6, 6.07) is 5.89. The highest BCUT2D eigenvalue weighted by Gasteiger charge is 2.31. The van der Waals surface area contributed by atoms with Crippen LogP contribution in [0.4, 0.5) is 0 Å². The Morgan fingerprint density at radius 1 is 1.27 bits per heavy atom. The van der Waals surface area contributed by atoms with E-state index in [2.05, 4.69) is 23.1 Å². The molecule has 0 radical (unpaired) electrons. The summed E-state index contributed by atoms with van der Waals surface area (Å²) in [5.41, 5.74) is 3.97. The van der Waals surface area contributed by atoms with E-state index in [1.165, 1.54) is 14.9 Å². The van der Waals surface area contributed by atoms with Crippen molar-refractivity contribution in [2.24, 2.45) is 13.0 Å². The number of tetrazole rings is 1. The Bertz CT molecular complexity index is 1100. The van der Waals surface area contributed by atoms with Gasteiger partial charge in [-0.15, -0.1) is 0 Å². The lowest BCUT2D eigenvalue weighted by Gasteiger charge is -2.13. The number of rotatable bonds is 9. The Balaban J connectivity index is 1.57. The fourth-order valence-electron chi connectivity index (χ4n) is 3.54. The quantitative estimate of drug-likeness (QED) is 0.362. The Hall–Kier alpha value is -3.22. The lowest BCUT2D eigenvalue weighted by atomic mass is 10.0. The fourth-order valence-corrected chi connectivity index (χ4v) is 3.54. The minimum Gasteiger partial charge on any atom is -0.496 e. The minimum atomic E-state index is -0.298. The monoisotopic (exact) mass is 406 g/mol. The number of benzene rings is 1. The van der Waals surface area contributed by atoms with Crippen LogP contribution >= 0.6 is 0 Å². The van der Waals surface area contributed by atoms with Crippen LogP contribution in [0.1, 0.15) is 49.7 Å². The summed E-state index contributed by atoms with van der Waals surface area (Å²) in [7, 11) is 1.57. The molecule has 30 heavy (non-hydrogen) atoms. The Morgan fingerprint density at radius 2 is 2.03 bits per heavy atom. The van der Waals surface area contributed by atoms with E-state index in [1.807, 2.05) is 25.1 Å². The molecule has 4 rings (SSSR count). The van der Waals surface area contributed by atoms with Gasteiger partial charge in [-0.25, -0.2) is 4.79 Å². The second-order valence-electron chi connectivity index (χ2n) is 8.03. The summed E-state index contributed by atoms with van der Waals surface area (Å²) in [5, 5.41) is 7.82. The molecule has 0 N–H and O–H groups in total. The molecule has 0 aliphatic heterocycles. The van der Waals surface area contributed by atoms with E-state index >= 15 is 0 Å². The molecule has 1 heterocycles. The number of carbonyl (C=O) groups excluding carboxylic acids is 1. The van der Waals surface area contributed by atoms with Crippen molar-refractivity contribution in [1.82, 2.24) is 19.8 Å². The first-order valence-electron chi connectivity index (χ1n) is 10.3. The normalized spacial score (nSPS) is 17.1. The average Bonchev–Trinajstić information content (AvgIpc) is 3.65. The summed E-state index contributed by atoms with van der Waals surface area (Å²) in [4.78, 5) is 24.7. The molecule has 7 heteroatoms. The molecular formula is C23H26N4O3. The Morgan fingerprint density at radius 3 is 2.63 bits per heavy atom. The number of aryl methyl sites for hydroxylation is 1. The van der Waals surface area contributed by atoms with Crippen molar-refractivity contribution >= 4 is 5.78 Å². The summed E-state index contributed by atoms with van der Waals surface area (Å²) in [6.07, 6.45) is 9.27. The molecule has 2 saturated carbocycles. The first kappa shape index (κ1) is 20.1. The maximum atomic E-state index is 12.4. The van der Waals surface area contributed by atoms with Crippen LogP contribution in [-0.4, -0.2) is 25.6 Å². The van der Waals surface area contributed by atoms with Gasteiger partial charge in [0, 0.05) is 24.1 Å². The molecule has 156 valence electrons. The highest BCUT2D eigenvalue weighted by atomic mass is 16.5. The number of ether oxygens (including phenoxy) is 1. The van der Waals surface area contributed by atoms with Crippen molar-refractivity contribution in [3.05, 3.63) is 75.9 Å². The van der Waals surface area contributed by atoms with Gasteiger partial charge in [0.05, 0.1) is 11.9 Å². The maximum Gasteiger partial charge on any atom is 0.368 e. The number of aromatic nitrogens is 4. The van der Waals surface area contributed by atoms with Crippen molar-refractivity contribution in [3.8, 4) is 5.69 Å². The number of nitrogens with zero attached hydrogens (tertiary/aromatic N) is 4. The molecule has 2 aliphatic carbocycles. The van der Waals surface area contributed by atoms with Crippen LogP contribution in [-0.2, 0) is 23.2 Å². The second kappa shape index (κ2) is 8.26. The number of Topliss-reactive ketones (excluding diaryl/α,β-unsaturated/α-hetero) is 1. The zero-order valence-electron chi connectivity index (χ0n) is 17.4. The van der Waals surface area contributed by atoms with Crippen molar-refractivity contribution in [1.29, 1.82) is 0 Å². The third-order valence-corrected chi connectivity index (χ3v) is 5.49. The first-order valence-corrected chi connectivity index (χ1v) is 10.3. The number of carbonyl (C=O) groups is 1. The van der Waals surface area contributed by atoms with Crippen LogP contribution in [0.25, 0.3) is 5.69 Å². The van der Waals surface area contributed by atoms with Gasteiger partial charge in [0.25, 0.3) is 0 Å². The van der Waals surface area contributed by atoms with Gasteiger partial charge in [-0.3, -0.25) is 4.79 Å². The largest absolute Gasteiger partial charge is 0.496 e. The molecule has 2 aromatic rings. The van der Waals surface area contributed by atoms with Crippen molar-refractivity contribution in [2.45, 2.75) is 45.1 Å². The van der Waals surface area contributed by atoms with Gasteiger partial charge >= 0.3 is 5.69 Å². The van der Waals surface area contributed by atoms with Crippen molar-refractivity contribution < 1.29 is 9.53 Å². The average molecular weight is 406 g/mol. The lowest BCUT2D eigenvalue weighted by molar-refractivity contribution is -0.116. The van der Waals surface area contributed by atoms with E-state index < -0.39 is 0 Å². The summed E-state index contributed by atoms with van der Waals surface area (Å²) in [5.74, 6) is 0.798. The standard InChI is InChI=1S/C23H26N4O3/c1-4-16(22(28)18-10-11-18)12-15(2)13-30-14-20-19(17-8-9-17)6-5-7-21(20)27-23(29)26(3)24-25-27/h4-7,12-13,17-18H,1,8-11,14H2,2-3H3/b15-13+,16-12+. The summed E-state index contributed by atoms with van der Waals surface area (Å²) >= 11 is 0. The van der Waals surface area contributed by atoms with Crippen LogP contribution in [0.3, 0.4) is 0 Å². The van der Waals surface area contributed by atoms with Gasteiger partial charge in [-0.05, 0) is 72.2 Å². The molecule has 2 fully saturated rings. The Labute approximate surface area is 175 Å². The molecule has 0 saturated heterocycles. The molecule has 1 aromatic heterocycles. The van der Waals surface area contributed by atoms with Gasteiger partial charge < -0.3 is 4.74 Å². The van der Waals surface area contributed by atoms with E-state index in [0.29, 0.717) is 23.8 Å². The second-order valence-corrected chi connectivity index (χ2v) is 8.03. The molecule has 7 nitrogen and oxygen atoms in total. The molecule has 0 unspecified atom stereocenters. The first-order chi connectivity index (χ1) is 14.5. The van der Waals surface area contributed by atoms with Gasteiger partial charge in [0.2, 0.25) is 0 Å². The zero-order valence-corrected chi connectivity index (χ0v) is 17.4. The summed E-state index contributed by atoms with van der Waals surface area (Å²) < 4.78 is 8.40. The van der Waals surface area contributed by atoms with Crippen LogP contribution in [0.2, 0.25) is 0 Å². The van der Waals surface area contributed by atoms with E-state index in [-0.39, 0.29) is 17.4 Å². The van der Waals surface area contributed by atoms with Crippen molar-refractivity contribution in [3.63, 3.8) is 0 Å². The van der Waals surface area contributed by atoms with E-state index in [4.69, 9.17) is 4.74 Å². The predicted molar refractivity (Wildman–Crippen MR) is 113 cm³/mol. The van der Waals surface area contributed by atoms with Crippen LogP contribution < -0.4 is 5.69 Å². The van der Waals surface area contributed by atoms with Crippen LogP contribution in [0.15, 0.2) is 59.1 Å². The predicted octanol–water partition coefficient (Wildman–Crippen LogP) is 3.36. The van der Waals surface area contributed by atoms with Crippen LogP contribution in [0, 0.1) is 5.92 Å². The van der Waals surface area contributed by atoms with Gasteiger partial charge in [-0.2, -0.15) is 9.36 Å². The maximum absolute atomic E-state index is 12.4. The van der Waals surface area contributed by atoms with Crippen LogP contribution in [0.5, 0.6) is 0 Å². The molecule has 0 spiro atoms. The highest BCUT2D eigenvalue weighted by Crippen LogP contribution is 2.43. The zero-order chi connectivity index (χ0) is 21.3. The molecule has 0 atom stereocenters. The molecular weight excluding hydrogens is 380 g/mol. The molecule has 0 amide bonds. The van der Waals surface area contributed by atoms with Crippen molar-refractivity contribution in [2.75, 3.05) is 0 Å². The SMILES string of the molecule is C=C/C(=C\C(C)=C\OCc1c(C2CC2)cccc1-n1nnn(C)c1=O)C(=O)C1CC1. The number of ketones is 1. The number of hydrogen-bond acceptors (Lipinski definition) is 5. The molecule has 0 bridgehead atoms. The number of hydrogen-bond donors (Lipinski definition) is 0. The third-order valence-electron chi connectivity index (χ3n) is 5.49. The highest BCUT2D eigenvalue weighted by molar-refractivity contribution is 6.01. The van der Waals surface area contributed by atoms with E-state index in [9.17, 15) is 9.59 Å². The van der Waals surface area contributed by atoms with Gasteiger partial charge in [0.1, 0.15) is 6.61 Å². The topological polar surface area (TPSA) is 79.0 Å². The fraction of sp³-hybridized carbons (Fsp3) is 0.391. The van der Waals surface area contributed by atoms with E-state index in [1.54, 1.807) is 19.4 Å². The Kier molecular flexibility index (Phi) is 5.53. The smallest absolute Gasteiger partial charge is 0.368 e. The minimum absolute atomic E-state index is 0.154.